The molecule has 2 heterocycles. The molecule has 0 spiro atoms. The van der Waals surface area contributed by atoms with E-state index in [1.54, 1.807) is 0 Å². The number of phenolic OH excluding ortho intramolecular Hbond substituents is 1. The summed E-state index contributed by atoms with van der Waals surface area (Å²) in [5, 5.41) is 13.0. The Morgan fingerprint density at radius 3 is 2.62 bits per heavy atom. The van der Waals surface area contributed by atoms with E-state index < -0.39 is 5.82 Å². The molecule has 0 saturated carbocycles. The Balaban J connectivity index is 1.70. The van der Waals surface area contributed by atoms with E-state index in [1.807, 2.05) is 6.07 Å². The lowest BCUT2D eigenvalue weighted by Gasteiger charge is -2.38. The van der Waals surface area contributed by atoms with Crippen LogP contribution in [0.25, 0.3) is 0 Å². The zero-order valence-corrected chi connectivity index (χ0v) is 12.7. The van der Waals surface area contributed by atoms with Crippen LogP contribution in [0, 0.1) is 5.82 Å². The van der Waals surface area contributed by atoms with Crippen molar-refractivity contribution in [2.45, 2.75) is 63.7 Å². The van der Waals surface area contributed by atoms with Crippen molar-refractivity contribution in [2.24, 2.45) is 0 Å². The van der Waals surface area contributed by atoms with Gasteiger partial charge in [0.15, 0.2) is 11.6 Å². The fourth-order valence-electron chi connectivity index (χ4n) is 3.89. The third kappa shape index (κ3) is 3.38. The number of halogens is 1. The molecule has 2 bridgehead atoms. The van der Waals surface area contributed by atoms with Crippen LogP contribution in [0.2, 0.25) is 0 Å². The maximum absolute atomic E-state index is 13.5. The highest BCUT2D eigenvalue weighted by Crippen LogP contribution is 2.31. The first-order chi connectivity index (χ1) is 10.2. The molecule has 1 aromatic rings. The Bertz CT molecular complexity index is 482. The summed E-state index contributed by atoms with van der Waals surface area (Å²) in [6.45, 7) is 4.02. The Hall–Kier alpha value is -1.13. The van der Waals surface area contributed by atoms with Gasteiger partial charge < -0.3 is 10.4 Å². The van der Waals surface area contributed by atoms with Crippen molar-refractivity contribution >= 4 is 0 Å². The van der Waals surface area contributed by atoms with Crippen LogP contribution in [-0.4, -0.2) is 34.7 Å². The van der Waals surface area contributed by atoms with Gasteiger partial charge in [-0.1, -0.05) is 13.0 Å². The van der Waals surface area contributed by atoms with Gasteiger partial charge in [0.2, 0.25) is 0 Å². The zero-order valence-electron chi connectivity index (χ0n) is 12.7. The van der Waals surface area contributed by atoms with Crippen LogP contribution in [0.5, 0.6) is 5.75 Å². The molecule has 0 radical (unpaired) electrons. The smallest absolute Gasteiger partial charge is 0.165 e. The van der Waals surface area contributed by atoms with Gasteiger partial charge in [0.05, 0.1) is 0 Å². The number of nitrogens with zero attached hydrogens (tertiary/aromatic N) is 1. The van der Waals surface area contributed by atoms with E-state index in [9.17, 15) is 9.50 Å². The molecule has 0 aromatic heterocycles. The summed E-state index contributed by atoms with van der Waals surface area (Å²) in [5.41, 5.74) is 0.949. The Morgan fingerprint density at radius 1 is 1.29 bits per heavy atom. The van der Waals surface area contributed by atoms with Crippen molar-refractivity contribution in [3.63, 3.8) is 0 Å². The molecule has 2 aliphatic rings. The molecular weight excluding hydrogens is 267 g/mol. The summed E-state index contributed by atoms with van der Waals surface area (Å²) in [5.74, 6) is -0.782. The molecule has 2 atom stereocenters. The lowest BCUT2D eigenvalue weighted by atomic mass is 9.97. The largest absolute Gasteiger partial charge is 0.505 e. The van der Waals surface area contributed by atoms with E-state index in [0.29, 0.717) is 18.1 Å². The van der Waals surface area contributed by atoms with Crippen molar-refractivity contribution in [1.82, 2.24) is 10.2 Å². The molecule has 3 nitrogen and oxygen atoms in total. The van der Waals surface area contributed by atoms with E-state index in [2.05, 4.69) is 17.1 Å². The normalized spacial score (nSPS) is 28.2. The summed E-state index contributed by atoms with van der Waals surface area (Å²) < 4.78 is 13.5. The first-order valence-corrected chi connectivity index (χ1v) is 8.13. The molecule has 2 N–H and O–H groups in total. The molecule has 2 aliphatic heterocycles. The zero-order chi connectivity index (χ0) is 14.8. The van der Waals surface area contributed by atoms with Crippen LogP contribution in [0.3, 0.4) is 0 Å². The number of hydrogen-bond donors (Lipinski definition) is 2. The summed E-state index contributed by atoms with van der Waals surface area (Å²) in [7, 11) is 0. The van der Waals surface area contributed by atoms with Crippen LogP contribution >= 0.6 is 0 Å². The highest BCUT2D eigenvalue weighted by atomic mass is 19.1. The summed E-state index contributed by atoms with van der Waals surface area (Å²) in [6, 6.07) is 6.70. The SMILES string of the molecule is CCCN(Cc1ccc(O)c(F)c1)C1CC2CCC(C1)N2. The van der Waals surface area contributed by atoms with Gasteiger partial charge in [-0.15, -0.1) is 0 Å². The minimum Gasteiger partial charge on any atom is -0.505 e. The van der Waals surface area contributed by atoms with Crippen molar-refractivity contribution < 1.29 is 9.50 Å². The van der Waals surface area contributed by atoms with E-state index in [4.69, 9.17) is 0 Å². The van der Waals surface area contributed by atoms with Crippen molar-refractivity contribution in [2.75, 3.05) is 6.54 Å². The van der Waals surface area contributed by atoms with Gasteiger partial charge in [-0.2, -0.15) is 0 Å². The van der Waals surface area contributed by atoms with Crippen molar-refractivity contribution in [1.29, 1.82) is 0 Å². The maximum Gasteiger partial charge on any atom is 0.165 e. The van der Waals surface area contributed by atoms with Gasteiger partial charge in [0.1, 0.15) is 0 Å². The molecule has 4 heteroatoms. The molecule has 21 heavy (non-hydrogen) atoms. The van der Waals surface area contributed by atoms with Crippen LogP contribution in [0.4, 0.5) is 4.39 Å². The second-order valence-corrected chi connectivity index (χ2v) is 6.52. The van der Waals surface area contributed by atoms with Gasteiger partial charge in [-0.05, 0) is 56.3 Å². The number of nitrogens with one attached hydrogen (secondary N) is 1. The van der Waals surface area contributed by atoms with Crippen molar-refractivity contribution in [3.05, 3.63) is 29.6 Å². The van der Waals surface area contributed by atoms with Gasteiger partial charge in [0.25, 0.3) is 0 Å². The minimum atomic E-state index is -0.519. The molecule has 0 aliphatic carbocycles. The highest BCUT2D eigenvalue weighted by Gasteiger charge is 2.35. The van der Waals surface area contributed by atoms with Gasteiger partial charge in [0, 0.05) is 24.7 Å². The Morgan fingerprint density at radius 2 is 2.00 bits per heavy atom. The first-order valence-electron chi connectivity index (χ1n) is 8.13. The molecule has 3 rings (SSSR count). The lowest BCUT2D eigenvalue weighted by molar-refractivity contribution is 0.134. The number of aromatic hydroxyl groups is 1. The molecule has 2 saturated heterocycles. The van der Waals surface area contributed by atoms with Crippen LogP contribution in [0.1, 0.15) is 44.6 Å². The van der Waals surface area contributed by atoms with E-state index in [0.717, 1.165) is 25.1 Å². The molecule has 0 amide bonds. The van der Waals surface area contributed by atoms with Gasteiger partial charge >= 0.3 is 0 Å². The summed E-state index contributed by atoms with van der Waals surface area (Å²) in [4.78, 5) is 2.50. The Kier molecular flexibility index (Phi) is 4.45. The minimum absolute atomic E-state index is 0.263. The summed E-state index contributed by atoms with van der Waals surface area (Å²) >= 11 is 0. The first kappa shape index (κ1) is 14.8. The number of rotatable bonds is 5. The van der Waals surface area contributed by atoms with Crippen LogP contribution in [-0.2, 0) is 6.54 Å². The number of hydrogen-bond acceptors (Lipinski definition) is 3. The van der Waals surface area contributed by atoms with E-state index >= 15 is 0 Å². The molecule has 116 valence electrons. The van der Waals surface area contributed by atoms with E-state index in [1.165, 1.54) is 37.8 Å². The third-order valence-corrected chi connectivity index (χ3v) is 4.87. The molecule has 2 fully saturated rings. The molecule has 2 unspecified atom stereocenters. The van der Waals surface area contributed by atoms with Gasteiger partial charge in [-0.25, -0.2) is 4.39 Å². The highest BCUT2D eigenvalue weighted by molar-refractivity contribution is 5.28. The third-order valence-electron chi connectivity index (χ3n) is 4.87. The topological polar surface area (TPSA) is 35.5 Å². The number of piperidine rings is 1. The average molecular weight is 292 g/mol. The Labute approximate surface area is 126 Å². The second kappa shape index (κ2) is 6.32. The standard InChI is InChI=1S/C17H25FN2O/c1-2-7-20(11-12-3-6-17(21)16(18)8-12)15-9-13-4-5-14(10-15)19-13/h3,6,8,13-15,19,21H,2,4-5,7,9-11H2,1H3. The fourth-order valence-corrected chi connectivity index (χ4v) is 3.89. The van der Waals surface area contributed by atoms with E-state index in [-0.39, 0.29) is 5.75 Å². The number of fused-ring (bicyclic) bond motifs is 2. The number of phenols is 1. The monoisotopic (exact) mass is 292 g/mol. The molecule has 1 aromatic carbocycles. The maximum atomic E-state index is 13.5. The van der Waals surface area contributed by atoms with Crippen LogP contribution in [0.15, 0.2) is 18.2 Å². The van der Waals surface area contributed by atoms with Crippen molar-refractivity contribution in [3.8, 4) is 5.75 Å². The second-order valence-electron chi connectivity index (χ2n) is 6.52. The number of benzene rings is 1. The fraction of sp³-hybridized carbons (Fsp3) is 0.647. The van der Waals surface area contributed by atoms with Gasteiger partial charge in [-0.3, -0.25) is 4.90 Å². The predicted octanol–water partition coefficient (Wildman–Crippen LogP) is 3.03. The average Bonchev–Trinajstić information content (AvgIpc) is 2.81. The quantitative estimate of drug-likeness (QED) is 0.875. The summed E-state index contributed by atoms with van der Waals surface area (Å²) in [6.07, 6.45) is 6.12. The molecular formula is C17H25FN2O. The van der Waals surface area contributed by atoms with Crippen LogP contribution < -0.4 is 5.32 Å². The predicted molar refractivity (Wildman–Crippen MR) is 81.7 cm³/mol. The lowest BCUT2D eigenvalue weighted by Crippen LogP contribution is -2.48.